The van der Waals surface area contributed by atoms with Crippen LogP contribution in [-0.2, 0) is 17.8 Å². The van der Waals surface area contributed by atoms with Gasteiger partial charge >= 0.3 is 0 Å². The second-order valence-corrected chi connectivity index (χ2v) is 5.95. The third-order valence-corrected chi connectivity index (χ3v) is 4.49. The standard InChI is InChI=1S/C14H13N5OS/c20-12(16-13-17-18-14-19(13)5-6-21-14)7-9-8-15-11-4-2-1-3-10(9)11/h1-4,8,15H,5-7H2,(H,16,17,20). The SMILES string of the molecule is O=C(Cc1c[nH]c2ccccc12)Nc1nnc2n1CCS2. The Morgan fingerprint density at radius 2 is 2.29 bits per heavy atom. The fourth-order valence-corrected chi connectivity index (χ4v) is 3.43. The molecule has 0 unspecified atom stereocenters. The number of rotatable bonds is 3. The number of carbonyl (C=O) groups is 1. The fourth-order valence-electron chi connectivity index (χ4n) is 2.54. The Morgan fingerprint density at radius 1 is 1.38 bits per heavy atom. The second-order valence-electron chi connectivity index (χ2n) is 4.89. The van der Waals surface area contributed by atoms with Gasteiger partial charge in [-0.15, -0.1) is 10.2 Å². The first-order valence-electron chi connectivity index (χ1n) is 6.72. The largest absolute Gasteiger partial charge is 0.361 e. The zero-order valence-corrected chi connectivity index (χ0v) is 12.0. The first-order valence-corrected chi connectivity index (χ1v) is 7.70. The summed E-state index contributed by atoms with van der Waals surface area (Å²) in [5, 5.41) is 12.9. The quantitative estimate of drug-likeness (QED) is 0.776. The number of anilines is 1. The highest BCUT2D eigenvalue weighted by atomic mass is 32.2. The molecule has 0 bridgehead atoms. The third-order valence-electron chi connectivity index (χ3n) is 3.54. The molecule has 4 rings (SSSR count). The zero-order chi connectivity index (χ0) is 14.2. The van der Waals surface area contributed by atoms with Gasteiger partial charge in [-0.25, -0.2) is 0 Å². The second kappa shape index (κ2) is 4.92. The van der Waals surface area contributed by atoms with Crippen LogP contribution in [0.1, 0.15) is 5.56 Å². The van der Waals surface area contributed by atoms with Gasteiger partial charge in [0, 0.05) is 29.4 Å². The summed E-state index contributed by atoms with van der Waals surface area (Å²) in [5.74, 6) is 1.45. The molecule has 0 fully saturated rings. The highest BCUT2D eigenvalue weighted by Gasteiger charge is 2.19. The molecule has 1 aromatic carbocycles. The van der Waals surface area contributed by atoms with Gasteiger partial charge in [-0.05, 0) is 11.6 Å². The Morgan fingerprint density at radius 3 is 3.24 bits per heavy atom. The van der Waals surface area contributed by atoms with Crippen LogP contribution in [0.25, 0.3) is 10.9 Å². The lowest BCUT2D eigenvalue weighted by atomic mass is 10.1. The summed E-state index contributed by atoms with van der Waals surface area (Å²) in [7, 11) is 0. The van der Waals surface area contributed by atoms with Crippen molar-refractivity contribution < 1.29 is 4.79 Å². The van der Waals surface area contributed by atoms with E-state index in [0.717, 1.165) is 33.9 Å². The van der Waals surface area contributed by atoms with E-state index < -0.39 is 0 Å². The fraction of sp³-hybridized carbons (Fsp3) is 0.214. The topological polar surface area (TPSA) is 75.6 Å². The molecular formula is C14H13N5OS. The number of hydrogen-bond acceptors (Lipinski definition) is 4. The van der Waals surface area contributed by atoms with E-state index in [1.54, 1.807) is 11.8 Å². The lowest BCUT2D eigenvalue weighted by Crippen LogP contribution is -2.17. The van der Waals surface area contributed by atoms with Gasteiger partial charge in [0.25, 0.3) is 0 Å². The van der Waals surface area contributed by atoms with E-state index in [-0.39, 0.29) is 5.91 Å². The van der Waals surface area contributed by atoms with Crippen molar-refractivity contribution in [3.05, 3.63) is 36.0 Å². The number of amides is 1. The van der Waals surface area contributed by atoms with Crippen LogP contribution in [-0.4, -0.2) is 31.4 Å². The molecule has 0 radical (unpaired) electrons. The third kappa shape index (κ3) is 2.19. The summed E-state index contributed by atoms with van der Waals surface area (Å²) in [4.78, 5) is 15.4. The molecule has 2 aromatic heterocycles. The predicted octanol–water partition coefficient (Wildman–Crippen LogP) is 2.05. The average molecular weight is 299 g/mol. The number of para-hydroxylation sites is 1. The van der Waals surface area contributed by atoms with Crippen molar-refractivity contribution in [2.45, 2.75) is 18.1 Å². The lowest BCUT2D eigenvalue weighted by molar-refractivity contribution is -0.115. The monoisotopic (exact) mass is 299 g/mol. The molecule has 3 aromatic rings. The first-order chi connectivity index (χ1) is 10.3. The maximum absolute atomic E-state index is 12.2. The van der Waals surface area contributed by atoms with Crippen molar-refractivity contribution in [3.8, 4) is 0 Å². The van der Waals surface area contributed by atoms with Crippen molar-refractivity contribution in [2.75, 3.05) is 11.1 Å². The minimum absolute atomic E-state index is 0.0770. The molecule has 0 saturated carbocycles. The number of fused-ring (bicyclic) bond motifs is 2. The number of nitrogens with one attached hydrogen (secondary N) is 2. The number of hydrogen-bond donors (Lipinski definition) is 2. The van der Waals surface area contributed by atoms with Crippen LogP contribution < -0.4 is 5.32 Å². The Kier molecular flexibility index (Phi) is 2.92. The number of aromatic nitrogens is 4. The van der Waals surface area contributed by atoms with Gasteiger partial charge in [-0.1, -0.05) is 30.0 Å². The molecule has 3 heterocycles. The molecule has 0 atom stereocenters. The molecule has 21 heavy (non-hydrogen) atoms. The summed E-state index contributed by atoms with van der Waals surface area (Å²) in [6.07, 6.45) is 2.20. The summed E-state index contributed by atoms with van der Waals surface area (Å²) in [5.41, 5.74) is 2.03. The van der Waals surface area contributed by atoms with Crippen molar-refractivity contribution in [1.29, 1.82) is 0 Å². The van der Waals surface area contributed by atoms with Crippen LogP contribution in [0.2, 0.25) is 0 Å². The van der Waals surface area contributed by atoms with E-state index in [9.17, 15) is 4.79 Å². The summed E-state index contributed by atoms with van der Waals surface area (Å²) < 4.78 is 1.94. The maximum atomic E-state index is 12.2. The van der Waals surface area contributed by atoms with E-state index in [4.69, 9.17) is 0 Å². The highest BCUT2D eigenvalue weighted by molar-refractivity contribution is 7.99. The van der Waals surface area contributed by atoms with Gasteiger partial charge in [0.05, 0.1) is 6.42 Å². The highest BCUT2D eigenvalue weighted by Crippen LogP contribution is 2.26. The van der Waals surface area contributed by atoms with Crippen LogP contribution in [0.15, 0.2) is 35.6 Å². The van der Waals surface area contributed by atoms with Gasteiger partial charge < -0.3 is 4.98 Å². The smallest absolute Gasteiger partial charge is 0.231 e. The van der Waals surface area contributed by atoms with Gasteiger partial charge in [0.1, 0.15) is 0 Å². The number of thioether (sulfide) groups is 1. The number of benzene rings is 1. The summed E-state index contributed by atoms with van der Waals surface area (Å²) in [6, 6.07) is 7.96. The number of nitrogens with zero attached hydrogens (tertiary/aromatic N) is 3. The van der Waals surface area contributed by atoms with Crippen molar-refractivity contribution in [2.24, 2.45) is 0 Å². The number of carbonyl (C=O) groups excluding carboxylic acids is 1. The minimum atomic E-state index is -0.0770. The molecule has 106 valence electrons. The minimum Gasteiger partial charge on any atom is -0.361 e. The Bertz CT molecular complexity index is 822. The Balaban J connectivity index is 1.53. The average Bonchev–Trinajstić information content (AvgIpc) is 3.17. The molecule has 0 spiro atoms. The summed E-state index contributed by atoms with van der Waals surface area (Å²) in [6.45, 7) is 0.843. The van der Waals surface area contributed by atoms with Gasteiger partial charge in [0.2, 0.25) is 11.9 Å². The molecular weight excluding hydrogens is 286 g/mol. The normalized spacial score (nSPS) is 13.5. The summed E-state index contributed by atoms with van der Waals surface area (Å²) >= 11 is 1.66. The predicted molar refractivity (Wildman–Crippen MR) is 81.4 cm³/mol. The molecule has 1 aliphatic rings. The van der Waals surface area contributed by atoms with E-state index in [0.29, 0.717) is 12.4 Å². The number of H-pyrrole nitrogens is 1. The molecule has 0 saturated heterocycles. The van der Waals surface area contributed by atoms with Gasteiger partial charge in [0.15, 0.2) is 5.16 Å². The van der Waals surface area contributed by atoms with Crippen molar-refractivity contribution in [3.63, 3.8) is 0 Å². The van der Waals surface area contributed by atoms with Crippen LogP contribution in [0, 0.1) is 0 Å². The van der Waals surface area contributed by atoms with Crippen molar-refractivity contribution in [1.82, 2.24) is 19.7 Å². The molecule has 2 N–H and O–H groups in total. The van der Waals surface area contributed by atoms with Crippen LogP contribution in [0.4, 0.5) is 5.95 Å². The van der Waals surface area contributed by atoms with E-state index >= 15 is 0 Å². The molecule has 0 aliphatic carbocycles. The number of aromatic amines is 1. The van der Waals surface area contributed by atoms with E-state index in [1.165, 1.54) is 0 Å². The molecule has 1 amide bonds. The van der Waals surface area contributed by atoms with Gasteiger partial charge in [-0.3, -0.25) is 14.7 Å². The van der Waals surface area contributed by atoms with Crippen LogP contribution in [0.5, 0.6) is 0 Å². The Labute approximate surface area is 124 Å². The van der Waals surface area contributed by atoms with Crippen molar-refractivity contribution >= 4 is 34.5 Å². The first kappa shape index (κ1) is 12.5. The van der Waals surface area contributed by atoms with Crippen LogP contribution in [0.3, 0.4) is 0 Å². The molecule has 7 heteroatoms. The lowest BCUT2D eigenvalue weighted by Gasteiger charge is -2.04. The Hall–Kier alpha value is -2.28. The maximum Gasteiger partial charge on any atom is 0.231 e. The van der Waals surface area contributed by atoms with E-state index in [2.05, 4.69) is 20.5 Å². The van der Waals surface area contributed by atoms with E-state index in [1.807, 2.05) is 35.0 Å². The van der Waals surface area contributed by atoms with Crippen LogP contribution >= 0.6 is 11.8 Å². The van der Waals surface area contributed by atoms with Gasteiger partial charge in [-0.2, -0.15) is 0 Å². The zero-order valence-electron chi connectivity index (χ0n) is 11.2. The molecule has 1 aliphatic heterocycles. The molecule has 6 nitrogen and oxygen atoms in total.